The van der Waals surface area contributed by atoms with Crippen LogP contribution in [-0.4, -0.2) is 62.4 Å². The third kappa shape index (κ3) is 3.98. The van der Waals surface area contributed by atoms with E-state index in [4.69, 9.17) is 23.1 Å². The lowest BCUT2D eigenvalue weighted by molar-refractivity contribution is 0.0669. The van der Waals surface area contributed by atoms with Gasteiger partial charge in [-0.25, -0.2) is 9.97 Å². The summed E-state index contributed by atoms with van der Waals surface area (Å²) in [4.78, 5) is 39.5. The van der Waals surface area contributed by atoms with Crippen LogP contribution in [0.4, 0.5) is 11.6 Å². The van der Waals surface area contributed by atoms with Crippen molar-refractivity contribution in [2.75, 3.05) is 31.1 Å². The zero-order valence-corrected chi connectivity index (χ0v) is 21.1. The lowest BCUT2D eigenvalue weighted by Crippen LogP contribution is -2.53. The molecule has 2 aromatic heterocycles. The van der Waals surface area contributed by atoms with Gasteiger partial charge in [0, 0.05) is 48.8 Å². The van der Waals surface area contributed by atoms with Crippen LogP contribution in [0.3, 0.4) is 0 Å². The van der Waals surface area contributed by atoms with Crippen LogP contribution in [0.1, 0.15) is 44.9 Å². The van der Waals surface area contributed by atoms with E-state index in [2.05, 4.69) is 44.0 Å². The maximum absolute atomic E-state index is 13.3. The molecule has 36 heavy (non-hydrogen) atoms. The third-order valence-electron chi connectivity index (χ3n) is 7.36. The molecule has 0 bridgehead atoms. The highest BCUT2D eigenvalue weighted by Crippen LogP contribution is 2.28. The van der Waals surface area contributed by atoms with Gasteiger partial charge in [0.05, 0.1) is 5.54 Å². The van der Waals surface area contributed by atoms with Crippen molar-refractivity contribution in [3.8, 4) is 0 Å². The normalized spacial score (nSPS) is 18.0. The van der Waals surface area contributed by atoms with Crippen LogP contribution in [0.5, 0.6) is 0 Å². The van der Waals surface area contributed by atoms with Gasteiger partial charge < -0.3 is 31.6 Å². The molecular weight excluding hydrogens is 482 g/mol. The Hall–Kier alpha value is -3.86. The molecule has 0 radical (unpaired) electrons. The van der Waals surface area contributed by atoms with E-state index in [0.717, 1.165) is 10.9 Å². The van der Waals surface area contributed by atoms with Crippen molar-refractivity contribution < 1.29 is 9.59 Å². The number of hydrogen-bond donors (Lipinski definition) is 4. The topological polar surface area (TPSA) is 157 Å². The van der Waals surface area contributed by atoms with Gasteiger partial charge in [-0.1, -0.05) is 11.6 Å². The number of halogens is 1. The summed E-state index contributed by atoms with van der Waals surface area (Å²) in [6.07, 6.45) is 1.42. The smallest absolute Gasteiger partial charge is 0.302 e. The van der Waals surface area contributed by atoms with Crippen LogP contribution in [0, 0.1) is 13.8 Å². The standard InChI is InChI=1S/C24H28ClN9O2/c1-12-13(2)33(3)16-5-4-14(10-15(12)16)22(36)34-8-6-24(7-9-34)11-28-23(32-24)31-21(35)17-19(26)30-20(27)18(25)29-17/h4-5,10H,6-9,11H2,1-3H3,(H4,26,27,30)(H2,28,31,32,35). The fourth-order valence-electron chi connectivity index (χ4n) is 4.92. The van der Waals surface area contributed by atoms with Gasteiger partial charge in [0.15, 0.2) is 28.4 Å². The fraction of sp³-hybridized carbons (Fsp3) is 0.375. The Kier molecular flexibility index (Phi) is 5.74. The van der Waals surface area contributed by atoms with Crippen LogP contribution < -0.4 is 22.1 Å². The molecule has 3 aromatic rings. The number of hydrogen-bond acceptors (Lipinski definition) is 6. The second kappa shape index (κ2) is 8.66. The number of piperidine rings is 1. The number of anilines is 2. The summed E-state index contributed by atoms with van der Waals surface area (Å²) in [5.74, 6) is -0.510. The highest BCUT2D eigenvalue weighted by molar-refractivity contribution is 6.31. The monoisotopic (exact) mass is 509 g/mol. The van der Waals surface area contributed by atoms with E-state index in [1.165, 1.54) is 11.3 Å². The Labute approximate surface area is 212 Å². The summed E-state index contributed by atoms with van der Waals surface area (Å²) in [7, 11) is 2.04. The summed E-state index contributed by atoms with van der Waals surface area (Å²) >= 11 is 5.87. The molecular formula is C24H28ClN9O2. The molecule has 4 heterocycles. The molecule has 0 aliphatic carbocycles. The molecule has 2 aliphatic heterocycles. The predicted octanol–water partition coefficient (Wildman–Crippen LogP) is 1.77. The number of likely N-dealkylation sites (tertiary alicyclic amines) is 1. The van der Waals surface area contributed by atoms with E-state index in [0.29, 0.717) is 44.0 Å². The number of carbonyl (C=O) groups is 2. The minimum atomic E-state index is -0.677. The van der Waals surface area contributed by atoms with E-state index < -0.39 is 5.91 Å². The minimum absolute atomic E-state index is 0.0250. The van der Waals surface area contributed by atoms with E-state index in [9.17, 15) is 9.59 Å². The number of nitrogens with zero attached hydrogens (tertiary/aromatic N) is 5. The van der Waals surface area contributed by atoms with E-state index in [1.807, 2.05) is 30.1 Å². The Morgan fingerprint density at radius 2 is 1.86 bits per heavy atom. The third-order valence-corrected chi connectivity index (χ3v) is 7.64. The zero-order chi connectivity index (χ0) is 25.8. The van der Waals surface area contributed by atoms with E-state index in [-0.39, 0.29) is 33.9 Å². The van der Waals surface area contributed by atoms with Crippen molar-refractivity contribution in [3.05, 3.63) is 45.9 Å². The van der Waals surface area contributed by atoms with Gasteiger partial charge in [0.25, 0.3) is 5.91 Å². The van der Waals surface area contributed by atoms with E-state index >= 15 is 0 Å². The van der Waals surface area contributed by atoms with Gasteiger partial charge >= 0.3 is 5.91 Å². The van der Waals surface area contributed by atoms with Crippen molar-refractivity contribution in [1.29, 1.82) is 0 Å². The first-order valence-electron chi connectivity index (χ1n) is 11.7. The molecule has 188 valence electrons. The lowest BCUT2D eigenvalue weighted by atomic mass is 9.88. The van der Waals surface area contributed by atoms with Gasteiger partial charge in [0.1, 0.15) is 0 Å². The summed E-state index contributed by atoms with van der Waals surface area (Å²) in [6.45, 7) is 5.93. The number of nitrogen functional groups attached to an aromatic ring is 2. The van der Waals surface area contributed by atoms with Crippen molar-refractivity contribution in [3.63, 3.8) is 0 Å². The molecule has 0 saturated carbocycles. The van der Waals surface area contributed by atoms with Gasteiger partial charge in [-0.15, -0.1) is 0 Å². The Balaban J connectivity index is 1.26. The molecule has 2 saturated heterocycles. The lowest BCUT2D eigenvalue weighted by Gasteiger charge is -2.38. The molecule has 1 aromatic carbocycles. The number of rotatable bonds is 2. The predicted molar refractivity (Wildman–Crippen MR) is 139 cm³/mol. The molecule has 0 unspecified atom stereocenters. The highest BCUT2D eigenvalue weighted by atomic mass is 35.5. The summed E-state index contributed by atoms with van der Waals surface area (Å²) in [5.41, 5.74) is 15.1. The van der Waals surface area contributed by atoms with Crippen molar-refractivity contribution in [2.24, 2.45) is 12.0 Å². The SMILES string of the molecule is Cc1c(C)n(C)c2ccc(C(=O)N3CCC4(CC3)CN/C(=N\C(=O)c3nc(Cl)c(N)nc3N)N4)cc12. The number of nitrogens with one attached hydrogen (secondary N) is 2. The van der Waals surface area contributed by atoms with Crippen molar-refractivity contribution in [2.45, 2.75) is 32.2 Å². The molecule has 2 amide bonds. The zero-order valence-electron chi connectivity index (χ0n) is 20.4. The molecule has 2 fully saturated rings. The maximum Gasteiger partial charge on any atom is 0.302 e. The number of fused-ring (bicyclic) bond motifs is 1. The molecule has 0 atom stereocenters. The van der Waals surface area contributed by atoms with Gasteiger partial charge in [-0.2, -0.15) is 4.99 Å². The van der Waals surface area contributed by atoms with Crippen LogP contribution in [0.2, 0.25) is 5.15 Å². The second-order valence-corrected chi connectivity index (χ2v) is 9.81. The number of guanidine groups is 1. The summed E-state index contributed by atoms with van der Waals surface area (Å²) in [5, 5.41) is 7.46. The minimum Gasteiger partial charge on any atom is -0.382 e. The van der Waals surface area contributed by atoms with Gasteiger partial charge in [0.2, 0.25) is 0 Å². The Morgan fingerprint density at radius 3 is 2.58 bits per heavy atom. The van der Waals surface area contributed by atoms with E-state index in [1.54, 1.807) is 0 Å². The highest BCUT2D eigenvalue weighted by Gasteiger charge is 2.41. The van der Waals surface area contributed by atoms with Crippen LogP contribution in [-0.2, 0) is 7.05 Å². The molecule has 5 rings (SSSR count). The van der Waals surface area contributed by atoms with Crippen molar-refractivity contribution >= 4 is 51.9 Å². The number of amides is 2. The fourth-order valence-corrected chi connectivity index (χ4v) is 5.05. The second-order valence-electron chi connectivity index (χ2n) is 9.45. The first-order chi connectivity index (χ1) is 17.1. The quantitative estimate of drug-likeness (QED) is 0.407. The number of nitrogens with two attached hydrogens (primary N) is 2. The average Bonchev–Trinajstić information content (AvgIpc) is 3.34. The van der Waals surface area contributed by atoms with Crippen LogP contribution >= 0.6 is 11.6 Å². The van der Waals surface area contributed by atoms with Gasteiger partial charge in [-0.05, 0) is 50.5 Å². The Morgan fingerprint density at radius 1 is 1.14 bits per heavy atom. The Bertz CT molecular complexity index is 1440. The van der Waals surface area contributed by atoms with Crippen LogP contribution in [0.25, 0.3) is 10.9 Å². The molecule has 1 spiro atoms. The molecule has 6 N–H and O–H groups in total. The first kappa shape index (κ1) is 23.9. The summed E-state index contributed by atoms with van der Waals surface area (Å²) < 4.78 is 2.15. The summed E-state index contributed by atoms with van der Waals surface area (Å²) in [6, 6.07) is 5.91. The average molecular weight is 510 g/mol. The number of benzene rings is 1. The molecule has 12 heteroatoms. The molecule has 2 aliphatic rings. The largest absolute Gasteiger partial charge is 0.382 e. The van der Waals surface area contributed by atoms with Crippen LogP contribution in [0.15, 0.2) is 23.2 Å². The van der Waals surface area contributed by atoms with Crippen molar-refractivity contribution in [1.82, 2.24) is 30.1 Å². The first-order valence-corrected chi connectivity index (χ1v) is 12.0. The number of aryl methyl sites for hydroxylation is 2. The number of aliphatic imine (C=N–C) groups is 1. The van der Waals surface area contributed by atoms with Gasteiger partial charge in [-0.3, -0.25) is 9.59 Å². The maximum atomic E-state index is 13.3. The molecule has 11 nitrogen and oxygen atoms in total. The number of aromatic nitrogens is 3. The number of carbonyl (C=O) groups excluding carboxylic acids is 2.